The molecule has 2 saturated carbocycles. The number of ether oxygens (including phenoxy) is 1. The number of carbonyl (C=O) groups is 1. The zero-order chi connectivity index (χ0) is 16.2. The maximum Gasteiger partial charge on any atom is 0.302 e. The van der Waals surface area contributed by atoms with Crippen LogP contribution in [0, 0.1) is 23.7 Å². The number of fused-ring (bicyclic) bond motifs is 9. The summed E-state index contributed by atoms with van der Waals surface area (Å²) in [6.07, 6.45) is 3.62. The van der Waals surface area contributed by atoms with Crippen molar-refractivity contribution in [2.24, 2.45) is 23.7 Å². The van der Waals surface area contributed by atoms with Crippen molar-refractivity contribution >= 4 is 75.6 Å². The molecular weight excluding hydrogens is 413 g/mol. The van der Waals surface area contributed by atoms with Crippen molar-refractivity contribution in [3.8, 4) is 0 Å². The van der Waals surface area contributed by atoms with Crippen LogP contribution in [0.25, 0.3) is 0 Å². The average molecular weight is 423 g/mol. The molecule has 120 valence electrons. The molecule has 0 N–H and O–H groups in total. The van der Waals surface area contributed by atoms with Crippen molar-refractivity contribution in [3.05, 3.63) is 22.2 Å². The van der Waals surface area contributed by atoms with Gasteiger partial charge in [0.25, 0.3) is 0 Å². The number of alkyl halides is 4. The van der Waals surface area contributed by atoms with Gasteiger partial charge in [-0.15, -0.1) is 23.2 Å². The maximum atomic E-state index is 11.4. The second kappa shape index (κ2) is 4.45. The Morgan fingerprint density at radius 2 is 1.41 bits per heavy atom. The van der Waals surface area contributed by atoms with Crippen molar-refractivity contribution in [3.63, 3.8) is 0 Å². The molecule has 2 fully saturated rings. The summed E-state index contributed by atoms with van der Waals surface area (Å²) >= 11 is 39.5. The molecule has 0 heterocycles. The van der Waals surface area contributed by atoms with E-state index in [1.807, 2.05) is 12.2 Å². The van der Waals surface area contributed by atoms with Crippen molar-refractivity contribution in [1.82, 2.24) is 0 Å². The molecule has 0 aliphatic heterocycles. The van der Waals surface area contributed by atoms with E-state index in [9.17, 15) is 4.79 Å². The molecular formula is C14H10Cl6O2. The largest absolute Gasteiger partial charge is 0.461 e. The zero-order valence-electron chi connectivity index (χ0n) is 11.1. The van der Waals surface area contributed by atoms with Crippen molar-refractivity contribution < 1.29 is 9.53 Å². The van der Waals surface area contributed by atoms with Crippen LogP contribution in [0.1, 0.15) is 6.92 Å². The van der Waals surface area contributed by atoms with E-state index >= 15 is 0 Å². The molecule has 4 aliphatic carbocycles. The van der Waals surface area contributed by atoms with Crippen LogP contribution in [0.5, 0.6) is 0 Å². The second-order valence-electron chi connectivity index (χ2n) is 6.29. The molecule has 4 bridgehead atoms. The molecule has 0 spiro atoms. The third-order valence-electron chi connectivity index (χ3n) is 5.50. The van der Waals surface area contributed by atoms with Crippen molar-refractivity contribution in [1.29, 1.82) is 0 Å². The van der Waals surface area contributed by atoms with Gasteiger partial charge in [-0.1, -0.05) is 58.6 Å². The third kappa shape index (κ3) is 1.40. The molecule has 0 aromatic heterocycles. The minimum Gasteiger partial charge on any atom is -0.461 e. The molecule has 0 saturated heterocycles. The third-order valence-corrected chi connectivity index (χ3v) is 9.79. The second-order valence-corrected chi connectivity index (χ2v) is 9.57. The summed E-state index contributed by atoms with van der Waals surface area (Å²) in [5.74, 6) is -1.09. The zero-order valence-corrected chi connectivity index (χ0v) is 15.7. The van der Waals surface area contributed by atoms with E-state index in [2.05, 4.69) is 0 Å². The van der Waals surface area contributed by atoms with Gasteiger partial charge < -0.3 is 4.74 Å². The molecule has 0 aromatic rings. The standard InChI is InChI=1S/C14H10Cl6O2/c1-4(21)22-9-5-2-3-6(9)8-7(5)12(17)10(15)11(16)13(8,18)14(12,19)20/h2-3,5-9H,1H3/t5-,6+,7+,8-,9?,12+,13-. The van der Waals surface area contributed by atoms with E-state index in [1.165, 1.54) is 6.92 Å². The highest BCUT2D eigenvalue weighted by molar-refractivity contribution is 6.65. The molecule has 8 heteroatoms. The highest BCUT2D eigenvalue weighted by Crippen LogP contribution is 2.81. The summed E-state index contributed by atoms with van der Waals surface area (Å²) < 4.78 is 3.95. The van der Waals surface area contributed by atoms with E-state index < -0.39 is 14.1 Å². The normalized spacial score (nSPS) is 53.3. The lowest BCUT2D eigenvalue weighted by Gasteiger charge is -2.36. The Kier molecular flexibility index (Phi) is 3.27. The van der Waals surface area contributed by atoms with Gasteiger partial charge in [-0.3, -0.25) is 4.79 Å². The van der Waals surface area contributed by atoms with Gasteiger partial charge in [0.2, 0.25) is 0 Å². The van der Waals surface area contributed by atoms with Crippen molar-refractivity contribution in [2.75, 3.05) is 0 Å². The number of hydrogen-bond acceptors (Lipinski definition) is 2. The van der Waals surface area contributed by atoms with Crippen molar-refractivity contribution in [2.45, 2.75) is 27.1 Å². The molecule has 2 nitrogen and oxygen atoms in total. The summed E-state index contributed by atoms with van der Waals surface area (Å²) in [7, 11) is 0. The Balaban J connectivity index is 1.89. The van der Waals surface area contributed by atoms with Gasteiger partial charge >= 0.3 is 5.97 Å². The van der Waals surface area contributed by atoms with Gasteiger partial charge in [-0.05, 0) is 0 Å². The first-order valence-corrected chi connectivity index (χ1v) is 9.04. The summed E-state index contributed by atoms with van der Waals surface area (Å²) in [6, 6.07) is 0. The van der Waals surface area contributed by atoms with Crippen LogP contribution in [-0.4, -0.2) is 26.2 Å². The maximum absolute atomic E-state index is 11.4. The van der Waals surface area contributed by atoms with Crippen LogP contribution in [0.2, 0.25) is 0 Å². The van der Waals surface area contributed by atoms with Crippen LogP contribution in [-0.2, 0) is 9.53 Å². The Bertz CT molecular complexity index is 614. The first kappa shape index (κ1) is 16.2. The summed E-state index contributed by atoms with van der Waals surface area (Å²) in [4.78, 5) is 8.83. The van der Waals surface area contributed by atoms with Gasteiger partial charge in [-0.2, -0.15) is 0 Å². The van der Waals surface area contributed by atoms with Gasteiger partial charge in [0.15, 0.2) is 4.33 Å². The van der Waals surface area contributed by atoms with Gasteiger partial charge in [0.1, 0.15) is 15.9 Å². The average Bonchev–Trinajstić information content (AvgIpc) is 3.02. The molecule has 0 radical (unpaired) electrons. The summed E-state index contributed by atoms with van der Waals surface area (Å²) in [6.45, 7) is 1.38. The monoisotopic (exact) mass is 420 g/mol. The Morgan fingerprint density at radius 3 is 1.77 bits per heavy atom. The molecule has 7 atom stereocenters. The molecule has 4 aliphatic rings. The fourth-order valence-electron chi connectivity index (χ4n) is 4.80. The number of esters is 1. The predicted molar refractivity (Wildman–Crippen MR) is 89.0 cm³/mol. The summed E-state index contributed by atoms with van der Waals surface area (Å²) in [5.41, 5.74) is 0. The molecule has 1 unspecified atom stereocenters. The number of halogens is 6. The highest BCUT2D eigenvalue weighted by Gasteiger charge is 2.87. The number of allylic oxidation sites excluding steroid dienone is 2. The van der Waals surface area contributed by atoms with Crippen LogP contribution in [0.4, 0.5) is 0 Å². The smallest absolute Gasteiger partial charge is 0.302 e. The Labute approximate surface area is 157 Å². The molecule has 0 aromatic carbocycles. The molecule has 0 amide bonds. The van der Waals surface area contributed by atoms with Gasteiger partial charge in [0, 0.05) is 30.6 Å². The SMILES string of the molecule is CC(=O)OC1[C@H]2C=C[C@@H]1[C@H]1[C@@H]2[C@@]2(Cl)C(Cl)=C(Cl)[C@]1(Cl)C2(Cl)Cl. The summed E-state index contributed by atoms with van der Waals surface area (Å²) in [5, 5.41) is 0.388. The van der Waals surface area contributed by atoms with Crippen LogP contribution < -0.4 is 0 Å². The lowest BCUT2D eigenvalue weighted by molar-refractivity contribution is -0.148. The van der Waals surface area contributed by atoms with E-state index in [0.717, 1.165) is 0 Å². The van der Waals surface area contributed by atoms with E-state index in [1.54, 1.807) is 0 Å². The number of rotatable bonds is 1. The lowest BCUT2D eigenvalue weighted by Crippen LogP contribution is -2.47. The quantitative estimate of drug-likeness (QED) is 0.262. The molecule has 4 rings (SSSR count). The fourth-order valence-corrected chi connectivity index (χ4v) is 7.91. The highest BCUT2D eigenvalue weighted by atomic mass is 35.5. The van der Waals surface area contributed by atoms with Crippen LogP contribution in [0.15, 0.2) is 22.2 Å². The predicted octanol–water partition coefficient (Wildman–Crippen LogP) is 4.81. The molecule has 22 heavy (non-hydrogen) atoms. The van der Waals surface area contributed by atoms with E-state index in [-0.39, 0.29) is 45.8 Å². The Hall–Kier alpha value is 0.690. The van der Waals surface area contributed by atoms with E-state index in [4.69, 9.17) is 74.3 Å². The Morgan fingerprint density at radius 1 is 1.00 bits per heavy atom. The minimum absolute atomic E-state index is 0.132. The topological polar surface area (TPSA) is 26.3 Å². The minimum atomic E-state index is -1.53. The fraction of sp³-hybridized carbons (Fsp3) is 0.643. The first-order chi connectivity index (χ1) is 10.1. The number of hydrogen-bond donors (Lipinski definition) is 0. The lowest BCUT2D eigenvalue weighted by atomic mass is 9.75. The van der Waals surface area contributed by atoms with Gasteiger partial charge in [0.05, 0.1) is 10.1 Å². The van der Waals surface area contributed by atoms with Crippen LogP contribution in [0.3, 0.4) is 0 Å². The number of carbonyl (C=O) groups excluding carboxylic acids is 1. The van der Waals surface area contributed by atoms with Gasteiger partial charge in [-0.25, -0.2) is 0 Å². The van der Waals surface area contributed by atoms with Crippen LogP contribution >= 0.6 is 69.6 Å². The van der Waals surface area contributed by atoms with E-state index in [0.29, 0.717) is 0 Å². The first-order valence-electron chi connectivity index (χ1n) is 6.77.